The Labute approximate surface area is 107 Å². The lowest BCUT2D eigenvalue weighted by atomic mass is 9.70. The second-order valence-corrected chi connectivity index (χ2v) is 6.02. The van der Waals surface area contributed by atoms with E-state index in [1.165, 1.54) is 19.3 Å². The van der Waals surface area contributed by atoms with Crippen LogP contribution in [0.25, 0.3) is 0 Å². The predicted molar refractivity (Wildman–Crippen MR) is 68.7 cm³/mol. The van der Waals surface area contributed by atoms with Crippen LogP contribution in [-0.2, 0) is 6.42 Å². The summed E-state index contributed by atoms with van der Waals surface area (Å²) in [6.45, 7) is 0. The molecule has 2 fully saturated rings. The Balaban J connectivity index is 1.89. The average molecular weight is 246 g/mol. The molecule has 2 saturated carbocycles. The molecule has 0 amide bonds. The third-order valence-electron chi connectivity index (χ3n) is 4.66. The zero-order valence-electron chi connectivity index (χ0n) is 9.82. The van der Waals surface area contributed by atoms with Crippen LogP contribution in [0.4, 0.5) is 0 Å². The molecule has 0 aromatic heterocycles. The molecule has 1 aromatic rings. The van der Waals surface area contributed by atoms with Crippen molar-refractivity contribution >= 4 is 11.6 Å². The fraction of sp³-hybridized carbons (Fsp3) is 0.533. The standard InChI is InChI=1S/C15H16ClN/c16-14-4-2-1-3-12(14)9-15(10-17)8-11-5-6-13(15)7-11/h1-4,11,13H,5-9H2. The van der Waals surface area contributed by atoms with Crippen molar-refractivity contribution in [3.8, 4) is 6.07 Å². The highest BCUT2D eigenvalue weighted by atomic mass is 35.5. The van der Waals surface area contributed by atoms with Gasteiger partial charge < -0.3 is 0 Å². The quantitative estimate of drug-likeness (QED) is 0.766. The third kappa shape index (κ3) is 1.76. The van der Waals surface area contributed by atoms with Gasteiger partial charge in [0.25, 0.3) is 0 Å². The Morgan fingerprint density at radius 2 is 2.18 bits per heavy atom. The summed E-state index contributed by atoms with van der Waals surface area (Å²) in [6.07, 6.45) is 5.75. The average Bonchev–Trinajstić information content (AvgIpc) is 2.93. The lowest BCUT2D eigenvalue weighted by molar-refractivity contribution is 0.239. The van der Waals surface area contributed by atoms with Gasteiger partial charge in [0.05, 0.1) is 11.5 Å². The van der Waals surface area contributed by atoms with E-state index in [2.05, 4.69) is 12.1 Å². The molecule has 2 aliphatic carbocycles. The summed E-state index contributed by atoms with van der Waals surface area (Å²) in [4.78, 5) is 0. The molecule has 0 aliphatic heterocycles. The molecule has 88 valence electrons. The van der Waals surface area contributed by atoms with Crippen LogP contribution >= 0.6 is 11.6 Å². The lowest BCUT2D eigenvalue weighted by Crippen LogP contribution is -2.28. The fourth-order valence-corrected chi connectivity index (χ4v) is 4.02. The van der Waals surface area contributed by atoms with Crippen LogP contribution in [0.15, 0.2) is 24.3 Å². The van der Waals surface area contributed by atoms with Crippen LogP contribution in [-0.4, -0.2) is 0 Å². The first-order valence-electron chi connectivity index (χ1n) is 6.38. The molecule has 2 aliphatic rings. The van der Waals surface area contributed by atoms with Crippen LogP contribution < -0.4 is 0 Å². The molecule has 2 heteroatoms. The second-order valence-electron chi connectivity index (χ2n) is 5.62. The van der Waals surface area contributed by atoms with Gasteiger partial charge in [0, 0.05) is 5.02 Å². The molecule has 17 heavy (non-hydrogen) atoms. The highest BCUT2D eigenvalue weighted by Crippen LogP contribution is 2.57. The number of hydrogen-bond donors (Lipinski definition) is 0. The summed E-state index contributed by atoms with van der Waals surface area (Å²) in [6, 6.07) is 10.6. The summed E-state index contributed by atoms with van der Waals surface area (Å²) in [7, 11) is 0. The molecule has 0 saturated heterocycles. The highest BCUT2D eigenvalue weighted by Gasteiger charge is 2.51. The largest absolute Gasteiger partial charge is 0.198 e. The van der Waals surface area contributed by atoms with E-state index in [9.17, 15) is 5.26 Å². The van der Waals surface area contributed by atoms with Gasteiger partial charge in [-0.1, -0.05) is 36.2 Å². The Bertz CT molecular complexity index is 476. The van der Waals surface area contributed by atoms with Crippen molar-refractivity contribution in [3.63, 3.8) is 0 Å². The summed E-state index contributed by atoms with van der Waals surface area (Å²) < 4.78 is 0. The van der Waals surface area contributed by atoms with Gasteiger partial charge in [0.15, 0.2) is 0 Å². The molecule has 1 aromatic carbocycles. The smallest absolute Gasteiger partial charge is 0.0696 e. The van der Waals surface area contributed by atoms with Crippen LogP contribution in [0.5, 0.6) is 0 Å². The fourth-order valence-electron chi connectivity index (χ4n) is 3.82. The monoisotopic (exact) mass is 245 g/mol. The van der Waals surface area contributed by atoms with Crippen molar-refractivity contribution in [2.75, 3.05) is 0 Å². The zero-order valence-corrected chi connectivity index (χ0v) is 10.6. The minimum atomic E-state index is -0.131. The van der Waals surface area contributed by atoms with Crippen molar-refractivity contribution < 1.29 is 0 Å². The molecular weight excluding hydrogens is 230 g/mol. The number of fused-ring (bicyclic) bond motifs is 2. The van der Waals surface area contributed by atoms with E-state index in [-0.39, 0.29) is 5.41 Å². The van der Waals surface area contributed by atoms with Gasteiger partial charge in [0.1, 0.15) is 0 Å². The molecule has 3 atom stereocenters. The van der Waals surface area contributed by atoms with Gasteiger partial charge >= 0.3 is 0 Å². The normalized spacial score (nSPS) is 34.8. The minimum Gasteiger partial charge on any atom is -0.198 e. The number of benzene rings is 1. The van der Waals surface area contributed by atoms with Crippen LogP contribution in [0.2, 0.25) is 5.02 Å². The maximum absolute atomic E-state index is 9.60. The Morgan fingerprint density at radius 1 is 1.35 bits per heavy atom. The summed E-state index contributed by atoms with van der Waals surface area (Å²) in [5.74, 6) is 1.40. The van der Waals surface area contributed by atoms with E-state index >= 15 is 0 Å². The molecule has 0 spiro atoms. The Morgan fingerprint density at radius 3 is 2.76 bits per heavy atom. The molecule has 1 nitrogen and oxygen atoms in total. The van der Waals surface area contributed by atoms with E-state index in [1.54, 1.807) is 0 Å². The zero-order chi connectivity index (χ0) is 11.9. The highest BCUT2D eigenvalue weighted by molar-refractivity contribution is 6.31. The second kappa shape index (κ2) is 4.03. The first-order valence-corrected chi connectivity index (χ1v) is 6.76. The number of halogens is 1. The number of hydrogen-bond acceptors (Lipinski definition) is 1. The number of nitriles is 1. The van der Waals surface area contributed by atoms with Crippen LogP contribution in [0.1, 0.15) is 31.2 Å². The SMILES string of the molecule is N#CC1(Cc2ccccc2Cl)CC2CCC1C2. The Hall–Kier alpha value is -1.00. The van der Waals surface area contributed by atoms with Gasteiger partial charge in [-0.2, -0.15) is 5.26 Å². The predicted octanol–water partition coefficient (Wildman–Crippen LogP) is 4.21. The van der Waals surface area contributed by atoms with Gasteiger partial charge in [-0.3, -0.25) is 0 Å². The molecule has 0 heterocycles. The van der Waals surface area contributed by atoms with E-state index in [4.69, 9.17) is 11.6 Å². The van der Waals surface area contributed by atoms with Crippen LogP contribution in [0, 0.1) is 28.6 Å². The maximum atomic E-state index is 9.60. The van der Waals surface area contributed by atoms with Gasteiger partial charge in [-0.05, 0) is 49.1 Å². The first kappa shape index (κ1) is 11.1. The lowest BCUT2D eigenvalue weighted by Gasteiger charge is -2.31. The molecule has 2 bridgehead atoms. The number of rotatable bonds is 2. The van der Waals surface area contributed by atoms with Gasteiger partial charge in [-0.15, -0.1) is 0 Å². The van der Waals surface area contributed by atoms with Crippen molar-refractivity contribution in [3.05, 3.63) is 34.9 Å². The van der Waals surface area contributed by atoms with E-state index in [1.807, 2.05) is 18.2 Å². The molecule has 0 N–H and O–H groups in total. The molecule has 0 radical (unpaired) electrons. The van der Waals surface area contributed by atoms with Gasteiger partial charge in [0.2, 0.25) is 0 Å². The summed E-state index contributed by atoms with van der Waals surface area (Å²) in [5, 5.41) is 10.4. The van der Waals surface area contributed by atoms with Gasteiger partial charge in [-0.25, -0.2) is 0 Å². The van der Waals surface area contributed by atoms with Crippen molar-refractivity contribution in [1.29, 1.82) is 5.26 Å². The third-order valence-corrected chi connectivity index (χ3v) is 5.03. The first-order chi connectivity index (χ1) is 8.23. The van der Waals surface area contributed by atoms with Crippen LogP contribution in [0.3, 0.4) is 0 Å². The molecular formula is C15H16ClN. The van der Waals surface area contributed by atoms with E-state index in [0.717, 1.165) is 29.3 Å². The minimum absolute atomic E-state index is 0.131. The summed E-state index contributed by atoms with van der Waals surface area (Å²) >= 11 is 6.21. The summed E-state index contributed by atoms with van der Waals surface area (Å²) in [5.41, 5.74) is 1.01. The Kier molecular flexibility index (Phi) is 2.64. The van der Waals surface area contributed by atoms with Crippen molar-refractivity contribution in [1.82, 2.24) is 0 Å². The van der Waals surface area contributed by atoms with Crippen molar-refractivity contribution in [2.45, 2.75) is 32.1 Å². The van der Waals surface area contributed by atoms with E-state index in [0.29, 0.717) is 5.92 Å². The topological polar surface area (TPSA) is 23.8 Å². The maximum Gasteiger partial charge on any atom is 0.0696 e. The van der Waals surface area contributed by atoms with Crippen molar-refractivity contribution in [2.24, 2.45) is 17.3 Å². The molecule has 3 rings (SSSR count). The van der Waals surface area contributed by atoms with E-state index < -0.39 is 0 Å². The molecule has 3 unspecified atom stereocenters. The number of nitrogens with zero attached hydrogens (tertiary/aromatic N) is 1.